The van der Waals surface area contributed by atoms with E-state index in [4.69, 9.17) is 11.6 Å². The van der Waals surface area contributed by atoms with Crippen LogP contribution in [-0.2, 0) is 17.4 Å². The highest BCUT2D eigenvalue weighted by atomic mass is 35.5. The van der Waals surface area contributed by atoms with Crippen molar-refractivity contribution in [2.75, 3.05) is 31.1 Å². The van der Waals surface area contributed by atoms with Crippen LogP contribution >= 0.6 is 11.6 Å². The molecule has 0 bridgehead atoms. The van der Waals surface area contributed by atoms with E-state index < -0.39 is 16.7 Å². The number of non-ortho nitro benzene ring substituents is 1. The summed E-state index contributed by atoms with van der Waals surface area (Å²) in [5, 5.41) is 10.6. The lowest BCUT2D eigenvalue weighted by atomic mass is 10.1. The summed E-state index contributed by atoms with van der Waals surface area (Å²) >= 11 is 5.98. The number of halogens is 4. The molecule has 3 rings (SSSR count). The molecular formula is C18H16ClF3N4O3. The van der Waals surface area contributed by atoms with Gasteiger partial charge in [-0.25, -0.2) is 4.98 Å². The van der Waals surface area contributed by atoms with Gasteiger partial charge in [0, 0.05) is 44.5 Å². The number of amides is 1. The molecule has 0 aliphatic carbocycles. The highest BCUT2D eigenvalue weighted by Gasteiger charge is 2.32. The molecule has 2 heterocycles. The van der Waals surface area contributed by atoms with E-state index in [0.29, 0.717) is 31.7 Å². The van der Waals surface area contributed by atoms with Gasteiger partial charge in [0.1, 0.15) is 5.82 Å². The summed E-state index contributed by atoms with van der Waals surface area (Å²) in [7, 11) is 0. The van der Waals surface area contributed by atoms with Gasteiger partial charge in [0.05, 0.1) is 21.9 Å². The first-order valence-corrected chi connectivity index (χ1v) is 9.02. The van der Waals surface area contributed by atoms with Crippen molar-refractivity contribution in [2.24, 2.45) is 0 Å². The number of carbonyl (C=O) groups excluding carboxylic acids is 1. The number of piperazine rings is 1. The number of carbonyl (C=O) groups is 1. The van der Waals surface area contributed by atoms with E-state index in [1.165, 1.54) is 24.3 Å². The Morgan fingerprint density at radius 1 is 1.17 bits per heavy atom. The molecule has 29 heavy (non-hydrogen) atoms. The fourth-order valence-electron chi connectivity index (χ4n) is 3.01. The third-order valence-electron chi connectivity index (χ3n) is 4.58. The van der Waals surface area contributed by atoms with E-state index in [1.54, 1.807) is 9.80 Å². The maximum atomic E-state index is 12.7. The summed E-state index contributed by atoms with van der Waals surface area (Å²) in [5.74, 6) is 0.118. The largest absolute Gasteiger partial charge is 0.417 e. The van der Waals surface area contributed by atoms with Gasteiger partial charge in [0.15, 0.2) is 0 Å². The lowest BCUT2D eigenvalue weighted by Gasteiger charge is -2.36. The lowest BCUT2D eigenvalue weighted by molar-refractivity contribution is -0.384. The minimum absolute atomic E-state index is 0.0456. The van der Waals surface area contributed by atoms with Crippen molar-refractivity contribution in [3.63, 3.8) is 0 Å². The fraction of sp³-hybridized carbons (Fsp3) is 0.333. The van der Waals surface area contributed by atoms with Crippen molar-refractivity contribution >= 4 is 29.0 Å². The first-order chi connectivity index (χ1) is 13.6. The Bertz CT molecular complexity index is 914. The van der Waals surface area contributed by atoms with E-state index in [9.17, 15) is 28.1 Å². The van der Waals surface area contributed by atoms with Crippen LogP contribution in [0.25, 0.3) is 0 Å². The number of anilines is 1. The predicted octanol–water partition coefficient (Wildman–Crippen LogP) is 3.55. The molecule has 1 aliphatic rings. The lowest BCUT2D eigenvalue weighted by Crippen LogP contribution is -2.49. The number of benzene rings is 1. The average molecular weight is 429 g/mol. The smallest absolute Gasteiger partial charge is 0.352 e. The first kappa shape index (κ1) is 20.8. The quantitative estimate of drug-likeness (QED) is 0.549. The van der Waals surface area contributed by atoms with Crippen LogP contribution in [0.3, 0.4) is 0 Å². The van der Waals surface area contributed by atoms with Gasteiger partial charge in [-0.15, -0.1) is 0 Å². The number of alkyl halides is 3. The summed E-state index contributed by atoms with van der Waals surface area (Å²) in [5.41, 5.74) is -0.297. The molecule has 1 aromatic carbocycles. The molecule has 1 fully saturated rings. The number of hydrogen-bond acceptors (Lipinski definition) is 5. The minimum Gasteiger partial charge on any atom is -0.352 e. The van der Waals surface area contributed by atoms with Gasteiger partial charge in [-0.2, -0.15) is 13.2 Å². The summed E-state index contributed by atoms with van der Waals surface area (Å²) < 4.78 is 38.2. The molecule has 0 spiro atoms. The summed E-state index contributed by atoms with van der Waals surface area (Å²) in [6.45, 7) is 1.49. The number of rotatable bonds is 4. The third kappa shape index (κ3) is 4.94. The van der Waals surface area contributed by atoms with Gasteiger partial charge in [0.2, 0.25) is 5.91 Å². The zero-order chi connectivity index (χ0) is 21.2. The predicted molar refractivity (Wildman–Crippen MR) is 99.8 cm³/mol. The minimum atomic E-state index is -4.52. The standard InChI is InChI=1S/C18H16ClF3N4O3/c19-15-10-13(18(20,21)22)11-23-17(15)25-7-5-24(6-8-25)16(27)9-12-1-3-14(4-2-12)26(28)29/h1-4,10-11H,5-9H2. The van der Waals surface area contributed by atoms with Crippen LogP contribution in [0.1, 0.15) is 11.1 Å². The molecule has 1 saturated heterocycles. The zero-order valence-corrected chi connectivity index (χ0v) is 15.8. The van der Waals surface area contributed by atoms with Crippen LogP contribution in [-0.4, -0.2) is 46.9 Å². The third-order valence-corrected chi connectivity index (χ3v) is 4.86. The van der Waals surface area contributed by atoms with Gasteiger partial charge < -0.3 is 9.80 Å². The van der Waals surface area contributed by atoms with Crippen molar-refractivity contribution in [2.45, 2.75) is 12.6 Å². The molecule has 0 N–H and O–H groups in total. The van der Waals surface area contributed by atoms with E-state index in [0.717, 1.165) is 12.3 Å². The van der Waals surface area contributed by atoms with E-state index in [1.807, 2.05) is 0 Å². The summed E-state index contributed by atoms with van der Waals surface area (Å²) in [6, 6.07) is 6.62. The SMILES string of the molecule is O=C(Cc1ccc([N+](=O)[O-])cc1)N1CCN(c2ncc(C(F)(F)F)cc2Cl)CC1. The van der Waals surface area contributed by atoms with Crippen LogP contribution in [0.15, 0.2) is 36.5 Å². The Kier molecular flexibility index (Phi) is 5.92. The zero-order valence-electron chi connectivity index (χ0n) is 15.0. The number of hydrogen-bond donors (Lipinski definition) is 0. The highest BCUT2D eigenvalue weighted by molar-refractivity contribution is 6.33. The number of nitro groups is 1. The second-order valence-electron chi connectivity index (χ2n) is 6.50. The van der Waals surface area contributed by atoms with Crippen molar-refractivity contribution < 1.29 is 22.9 Å². The fourth-order valence-corrected chi connectivity index (χ4v) is 3.29. The summed E-state index contributed by atoms with van der Waals surface area (Å²) in [6.07, 6.45) is -3.66. The van der Waals surface area contributed by atoms with Crippen molar-refractivity contribution in [3.8, 4) is 0 Å². The molecule has 1 aliphatic heterocycles. The normalized spacial score (nSPS) is 14.8. The second-order valence-corrected chi connectivity index (χ2v) is 6.90. The molecule has 7 nitrogen and oxygen atoms in total. The number of nitro benzene ring substituents is 1. The van der Waals surface area contributed by atoms with E-state index in [2.05, 4.69) is 4.98 Å². The Morgan fingerprint density at radius 3 is 2.31 bits per heavy atom. The number of nitrogens with zero attached hydrogens (tertiary/aromatic N) is 4. The topological polar surface area (TPSA) is 79.6 Å². The van der Waals surface area contributed by atoms with Crippen LogP contribution in [0, 0.1) is 10.1 Å². The van der Waals surface area contributed by atoms with Gasteiger partial charge in [-0.1, -0.05) is 23.7 Å². The van der Waals surface area contributed by atoms with Crippen molar-refractivity contribution in [3.05, 3.63) is 62.8 Å². The monoisotopic (exact) mass is 428 g/mol. The molecule has 11 heteroatoms. The van der Waals surface area contributed by atoms with Gasteiger partial charge in [-0.05, 0) is 11.6 Å². The number of pyridine rings is 1. The molecule has 0 saturated carbocycles. The average Bonchev–Trinajstić information content (AvgIpc) is 2.68. The Labute approximate surface area is 168 Å². The molecule has 154 valence electrons. The first-order valence-electron chi connectivity index (χ1n) is 8.64. The molecule has 1 aromatic heterocycles. The van der Waals surface area contributed by atoms with Crippen LogP contribution < -0.4 is 4.90 Å². The van der Waals surface area contributed by atoms with Crippen molar-refractivity contribution in [1.29, 1.82) is 0 Å². The molecule has 0 unspecified atom stereocenters. The van der Waals surface area contributed by atoms with Gasteiger partial charge in [-0.3, -0.25) is 14.9 Å². The van der Waals surface area contributed by atoms with Crippen molar-refractivity contribution in [1.82, 2.24) is 9.88 Å². The van der Waals surface area contributed by atoms with Gasteiger partial charge in [0.25, 0.3) is 5.69 Å². The summed E-state index contributed by atoms with van der Waals surface area (Å²) in [4.78, 5) is 29.8. The molecule has 0 atom stereocenters. The van der Waals surface area contributed by atoms with Crippen LogP contribution in [0.2, 0.25) is 5.02 Å². The van der Waals surface area contributed by atoms with Crippen LogP contribution in [0.4, 0.5) is 24.7 Å². The Balaban J connectivity index is 1.58. The van der Waals surface area contributed by atoms with Crippen LogP contribution in [0.5, 0.6) is 0 Å². The highest BCUT2D eigenvalue weighted by Crippen LogP contribution is 2.33. The second kappa shape index (κ2) is 8.24. The van der Waals surface area contributed by atoms with E-state index in [-0.39, 0.29) is 28.9 Å². The Morgan fingerprint density at radius 2 is 1.79 bits per heavy atom. The molecular weight excluding hydrogens is 413 g/mol. The molecule has 2 aromatic rings. The van der Waals surface area contributed by atoms with Gasteiger partial charge >= 0.3 is 6.18 Å². The maximum Gasteiger partial charge on any atom is 0.417 e. The van der Waals surface area contributed by atoms with E-state index >= 15 is 0 Å². The molecule has 1 amide bonds. The maximum absolute atomic E-state index is 12.7. The number of aromatic nitrogens is 1. The Hall–Kier alpha value is -2.88. The molecule has 0 radical (unpaired) electrons.